The molecule has 102 valence electrons. The molecule has 0 fully saturated rings. The molecular weight excluding hydrogens is 244 g/mol. The van der Waals surface area contributed by atoms with E-state index in [-0.39, 0.29) is 12.5 Å². The van der Waals surface area contributed by atoms with Crippen molar-refractivity contribution in [3.05, 3.63) is 29.8 Å². The number of nitrogens with one attached hydrogen (secondary N) is 1. The number of fused-ring (bicyclic) bond motifs is 1. The van der Waals surface area contributed by atoms with Gasteiger partial charge in [0.05, 0.1) is 5.92 Å². The highest BCUT2D eigenvalue weighted by atomic mass is 16.4. The predicted molar refractivity (Wildman–Crippen MR) is 72.2 cm³/mol. The first-order chi connectivity index (χ1) is 9.13. The SMILES string of the molecule is CNCCC(=O)N1CC(C(=O)O)Cc2ccccc21. The number of benzene rings is 1. The smallest absolute Gasteiger partial charge is 0.308 e. The fourth-order valence-electron chi connectivity index (χ4n) is 2.36. The Kier molecular flexibility index (Phi) is 4.16. The van der Waals surface area contributed by atoms with Crippen LogP contribution in [0.15, 0.2) is 24.3 Å². The molecule has 0 aromatic heterocycles. The van der Waals surface area contributed by atoms with Crippen molar-refractivity contribution in [3.8, 4) is 0 Å². The lowest BCUT2D eigenvalue weighted by atomic mass is 9.92. The Morgan fingerprint density at radius 1 is 1.42 bits per heavy atom. The van der Waals surface area contributed by atoms with Gasteiger partial charge < -0.3 is 15.3 Å². The number of aliphatic carboxylic acids is 1. The molecule has 1 atom stereocenters. The molecule has 19 heavy (non-hydrogen) atoms. The number of anilines is 1. The van der Waals surface area contributed by atoms with Gasteiger partial charge in [0, 0.05) is 25.2 Å². The van der Waals surface area contributed by atoms with E-state index in [0.717, 1.165) is 11.3 Å². The summed E-state index contributed by atoms with van der Waals surface area (Å²) in [5.41, 5.74) is 1.78. The van der Waals surface area contributed by atoms with E-state index < -0.39 is 11.9 Å². The van der Waals surface area contributed by atoms with E-state index in [1.54, 1.807) is 11.9 Å². The van der Waals surface area contributed by atoms with Crippen molar-refractivity contribution in [1.82, 2.24) is 5.32 Å². The summed E-state index contributed by atoms with van der Waals surface area (Å²) in [4.78, 5) is 25.0. The fourth-order valence-corrected chi connectivity index (χ4v) is 2.36. The van der Waals surface area contributed by atoms with E-state index in [9.17, 15) is 14.7 Å². The Bertz CT molecular complexity index is 487. The Hall–Kier alpha value is -1.88. The number of hydrogen-bond donors (Lipinski definition) is 2. The molecule has 0 saturated carbocycles. The molecule has 1 unspecified atom stereocenters. The molecule has 1 aliphatic rings. The quantitative estimate of drug-likeness (QED) is 0.845. The van der Waals surface area contributed by atoms with E-state index in [4.69, 9.17) is 0 Å². The molecule has 2 rings (SSSR count). The van der Waals surface area contributed by atoms with E-state index in [2.05, 4.69) is 5.32 Å². The molecular formula is C14H18N2O3. The Balaban J connectivity index is 2.26. The number of carboxylic acids is 1. The van der Waals surface area contributed by atoms with Crippen molar-refractivity contribution in [3.63, 3.8) is 0 Å². The fraction of sp³-hybridized carbons (Fsp3) is 0.429. The highest BCUT2D eigenvalue weighted by Crippen LogP contribution is 2.30. The molecule has 1 aliphatic heterocycles. The van der Waals surface area contributed by atoms with E-state index in [1.807, 2.05) is 24.3 Å². The minimum absolute atomic E-state index is 0.0345. The van der Waals surface area contributed by atoms with Crippen LogP contribution >= 0.6 is 0 Å². The second-order valence-corrected chi connectivity index (χ2v) is 4.73. The Morgan fingerprint density at radius 3 is 2.84 bits per heavy atom. The van der Waals surface area contributed by atoms with Crippen LogP contribution in [0.4, 0.5) is 5.69 Å². The second-order valence-electron chi connectivity index (χ2n) is 4.73. The summed E-state index contributed by atoms with van der Waals surface area (Å²) in [6.45, 7) is 0.851. The van der Waals surface area contributed by atoms with Gasteiger partial charge in [0.25, 0.3) is 0 Å². The van der Waals surface area contributed by atoms with Gasteiger partial charge in [0.15, 0.2) is 0 Å². The molecule has 1 aromatic rings. The zero-order valence-electron chi connectivity index (χ0n) is 10.9. The number of amides is 1. The van der Waals surface area contributed by atoms with Gasteiger partial charge in [0.2, 0.25) is 5.91 Å². The molecule has 5 heteroatoms. The average Bonchev–Trinajstić information content (AvgIpc) is 2.43. The molecule has 1 heterocycles. The lowest BCUT2D eigenvalue weighted by molar-refractivity contribution is -0.141. The maximum atomic E-state index is 12.2. The number of para-hydroxylation sites is 1. The number of rotatable bonds is 4. The standard InChI is InChI=1S/C14H18N2O3/c1-15-7-6-13(17)16-9-11(14(18)19)8-10-4-2-3-5-12(10)16/h2-5,11,15H,6-9H2,1H3,(H,18,19). The van der Waals surface area contributed by atoms with Crippen LogP contribution in [0, 0.1) is 5.92 Å². The molecule has 0 radical (unpaired) electrons. The third kappa shape index (κ3) is 2.93. The minimum atomic E-state index is -0.846. The number of hydrogen-bond acceptors (Lipinski definition) is 3. The zero-order valence-corrected chi connectivity index (χ0v) is 10.9. The third-order valence-corrected chi connectivity index (χ3v) is 3.39. The molecule has 1 amide bonds. The first-order valence-electron chi connectivity index (χ1n) is 6.39. The van der Waals surface area contributed by atoms with Crippen molar-refractivity contribution in [2.24, 2.45) is 5.92 Å². The highest BCUT2D eigenvalue weighted by Gasteiger charge is 2.31. The summed E-state index contributed by atoms with van der Waals surface area (Å²) < 4.78 is 0. The van der Waals surface area contributed by atoms with E-state index in [1.165, 1.54) is 0 Å². The van der Waals surface area contributed by atoms with Crippen LogP contribution < -0.4 is 10.2 Å². The van der Waals surface area contributed by atoms with Crippen LogP contribution in [-0.4, -0.2) is 37.1 Å². The van der Waals surface area contributed by atoms with Gasteiger partial charge in [-0.1, -0.05) is 18.2 Å². The first-order valence-corrected chi connectivity index (χ1v) is 6.39. The number of nitrogens with zero attached hydrogens (tertiary/aromatic N) is 1. The summed E-state index contributed by atoms with van der Waals surface area (Å²) in [7, 11) is 1.79. The Morgan fingerprint density at radius 2 is 2.16 bits per heavy atom. The zero-order chi connectivity index (χ0) is 13.8. The van der Waals surface area contributed by atoms with Gasteiger partial charge in [-0.15, -0.1) is 0 Å². The summed E-state index contributed by atoms with van der Waals surface area (Å²) in [6, 6.07) is 7.52. The van der Waals surface area contributed by atoms with Crippen molar-refractivity contribution >= 4 is 17.6 Å². The average molecular weight is 262 g/mol. The maximum absolute atomic E-state index is 12.2. The minimum Gasteiger partial charge on any atom is -0.481 e. The van der Waals surface area contributed by atoms with Crippen LogP contribution in [0.5, 0.6) is 0 Å². The maximum Gasteiger partial charge on any atom is 0.308 e. The first kappa shape index (κ1) is 13.5. The molecule has 5 nitrogen and oxygen atoms in total. The molecule has 0 aliphatic carbocycles. The summed E-state index contributed by atoms with van der Waals surface area (Å²) in [5, 5.41) is 12.1. The lowest BCUT2D eigenvalue weighted by Gasteiger charge is -2.33. The van der Waals surface area contributed by atoms with Gasteiger partial charge in [-0.2, -0.15) is 0 Å². The summed E-state index contributed by atoms with van der Waals surface area (Å²) >= 11 is 0. The summed E-state index contributed by atoms with van der Waals surface area (Å²) in [6.07, 6.45) is 0.860. The number of carboxylic acid groups (broad SMARTS) is 1. The van der Waals surface area contributed by atoms with Gasteiger partial charge in [-0.3, -0.25) is 9.59 Å². The van der Waals surface area contributed by atoms with Crippen LogP contribution in [0.25, 0.3) is 0 Å². The van der Waals surface area contributed by atoms with Crippen LogP contribution in [-0.2, 0) is 16.0 Å². The highest BCUT2D eigenvalue weighted by molar-refractivity contribution is 5.95. The molecule has 0 bridgehead atoms. The van der Waals surface area contributed by atoms with Gasteiger partial charge in [-0.25, -0.2) is 0 Å². The molecule has 0 spiro atoms. The van der Waals surface area contributed by atoms with Crippen LogP contribution in [0.1, 0.15) is 12.0 Å². The number of carbonyl (C=O) groups excluding carboxylic acids is 1. The summed E-state index contributed by atoms with van der Waals surface area (Å²) in [5.74, 6) is -1.40. The lowest BCUT2D eigenvalue weighted by Crippen LogP contribution is -2.43. The predicted octanol–water partition coefficient (Wildman–Crippen LogP) is 0.886. The van der Waals surface area contributed by atoms with Crippen LogP contribution in [0.3, 0.4) is 0 Å². The molecule has 1 aromatic carbocycles. The van der Waals surface area contributed by atoms with Gasteiger partial charge >= 0.3 is 5.97 Å². The van der Waals surface area contributed by atoms with Gasteiger partial charge in [0.1, 0.15) is 0 Å². The Labute approximate surface area is 112 Å². The third-order valence-electron chi connectivity index (χ3n) is 3.39. The topological polar surface area (TPSA) is 69.6 Å². The molecule has 0 saturated heterocycles. The van der Waals surface area contributed by atoms with Crippen LogP contribution in [0.2, 0.25) is 0 Å². The number of carbonyl (C=O) groups is 2. The van der Waals surface area contributed by atoms with Gasteiger partial charge in [-0.05, 0) is 25.1 Å². The molecule has 2 N–H and O–H groups in total. The van der Waals surface area contributed by atoms with E-state index in [0.29, 0.717) is 19.4 Å². The van der Waals surface area contributed by atoms with Crippen molar-refractivity contribution in [2.75, 3.05) is 25.0 Å². The normalized spacial score (nSPS) is 17.9. The second kappa shape index (κ2) is 5.84. The largest absolute Gasteiger partial charge is 0.481 e. The van der Waals surface area contributed by atoms with Crippen molar-refractivity contribution in [2.45, 2.75) is 12.8 Å². The van der Waals surface area contributed by atoms with E-state index >= 15 is 0 Å². The van der Waals surface area contributed by atoms with Crippen molar-refractivity contribution in [1.29, 1.82) is 0 Å². The monoisotopic (exact) mass is 262 g/mol. The van der Waals surface area contributed by atoms with Crippen molar-refractivity contribution < 1.29 is 14.7 Å².